The van der Waals surface area contributed by atoms with Crippen LogP contribution in [0.2, 0.25) is 0 Å². The molecule has 1 heterocycles. The van der Waals surface area contributed by atoms with E-state index in [4.69, 9.17) is 0 Å². The number of aromatic hydroxyl groups is 1. The first-order valence-electron chi connectivity index (χ1n) is 4.82. The predicted octanol–water partition coefficient (Wildman–Crippen LogP) is 0.862. The summed E-state index contributed by atoms with van der Waals surface area (Å²) in [5.74, 6) is -0.609. The molecule has 0 spiro atoms. The van der Waals surface area contributed by atoms with Crippen LogP contribution in [0.25, 0.3) is 11.3 Å². The number of aromatic nitrogens is 2. The number of hydrogen-bond acceptors (Lipinski definition) is 4. The summed E-state index contributed by atoms with van der Waals surface area (Å²) in [5, 5.41) is 9.35. The number of methoxy groups -OCH3 is 1. The number of carbonyl (C=O) groups is 1. The van der Waals surface area contributed by atoms with Gasteiger partial charge in [0.1, 0.15) is 5.75 Å². The average Bonchev–Trinajstić information content (AvgIpc) is 2.70. The molecular formula is C11H10N2O4. The highest BCUT2D eigenvalue weighted by Crippen LogP contribution is 2.23. The summed E-state index contributed by atoms with van der Waals surface area (Å²) in [4.78, 5) is 27.5. The van der Waals surface area contributed by atoms with Crippen molar-refractivity contribution >= 4 is 5.97 Å². The van der Waals surface area contributed by atoms with E-state index in [0.717, 1.165) is 0 Å². The number of aromatic amines is 2. The number of H-pyrrole nitrogens is 2. The fourth-order valence-corrected chi connectivity index (χ4v) is 1.52. The van der Waals surface area contributed by atoms with E-state index >= 15 is 0 Å². The Balaban J connectivity index is 2.59. The number of imidazole rings is 1. The minimum Gasteiger partial charge on any atom is -0.508 e. The highest BCUT2D eigenvalue weighted by atomic mass is 16.5. The molecule has 3 N–H and O–H groups in total. The zero-order valence-electron chi connectivity index (χ0n) is 8.98. The van der Waals surface area contributed by atoms with Crippen LogP contribution in [0.15, 0.2) is 29.1 Å². The largest absolute Gasteiger partial charge is 0.508 e. The lowest BCUT2D eigenvalue weighted by atomic mass is 10.1. The van der Waals surface area contributed by atoms with Gasteiger partial charge in [-0.15, -0.1) is 0 Å². The van der Waals surface area contributed by atoms with Gasteiger partial charge in [0.05, 0.1) is 12.8 Å². The topological polar surface area (TPSA) is 95.2 Å². The van der Waals surface area contributed by atoms with Crippen LogP contribution in [0.4, 0.5) is 0 Å². The van der Waals surface area contributed by atoms with E-state index in [1.165, 1.54) is 19.2 Å². The number of esters is 1. The van der Waals surface area contributed by atoms with E-state index in [-0.39, 0.29) is 17.1 Å². The number of carbonyl (C=O) groups excluding carboxylic acids is 1. The molecule has 6 nitrogen and oxygen atoms in total. The van der Waals surface area contributed by atoms with Gasteiger partial charge in [0.15, 0.2) is 5.69 Å². The number of phenols is 1. The third-order valence-corrected chi connectivity index (χ3v) is 2.25. The van der Waals surface area contributed by atoms with Crippen LogP contribution in [0, 0.1) is 0 Å². The van der Waals surface area contributed by atoms with E-state index in [0.29, 0.717) is 5.56 Å². The zero-order chi connectivity index (χ0) is 12.4. The molecule has 1 aromatic heterocycles. The van der Waals surface area contributed by atoms with Crippen LogP contribution in [-0.4, -0.2) is 28.2 Å². The molecule has 88 valence electrons. The van der Waals surface area contributed by atoms with E-state index in [2.05, 4.69) is 14.7 Å². The number of benzene rings is 1. The Bertz CT molecular complexity index is 612. The van der Waals surface area contributed by atoms with Crippen LogP contribution in [-0.2, 0) is 4.74 Å². The predicted molar refractivity (Wildman–Crippen MR) is 59.9 cm³/mol. The SMILES string of the molecule is COC(=O)c1[nH]c(=O)[nH]c1-c1cccc(O)c1. The molecule has 0 bridgehead atoms. The van der Waals surface area contributed by atoms with Crippen molar-refractivity contribution in [2.24, 2.45) is 0 Å². The van der Waals surface area contributed by atoms with E-state index in [1.807, 2.05) is 0 Å². The average molecular weight is 234 g/mol. The Morgan fingerprint density at radius 1 is 1.35 bits per heavy atom. The van der Waals surface area contributed by atoms with Crippen molar-refractivity contribution in [3.05, 3.63) is 40.4 Å². The summed E-state index contributed by atoms with van der Waals surface area (Å²) in [5.41, 5.74) is 0.327. The van der Waals surface area contributed by atoms with Gasteiger partial charge in [-0.3, -0.25) is 4.98 Å². The van der Waals surface area contributed by atoms with Gasteiger partial charge in [-0.2, -0.15) is 0 Å². The molecule has 2 aromatic rings. The molecule has 0 radical (unpaired) electrons. The van der Waals surface area contributed by atoms with E-state index in [1.54, 1.807) is 12.1 Å². The van der Waals surface area contributed by atoms with Gasteiger partial charge >= 0.3 is 11.7 Å². The third kappa shape index (κ3) is 2.05. The molecule has 0 unspecified atom stereocenters. The Labute approximate surface area is 95.9 Å². The number of ether oxygens (including phenoxy) is 1. The standard InChI is InChI=1S/C11H10N2O4/c1-17-10(15)9-8(12-11(16)13-9)6-3-2-4-7(14)5-6/h2-5,14H,1H3,(H2,12,13,16). The smallest absolute Gasteiger partial charge is 0.356 e. The molecule has 0 atom stereocenters. The minimum absolute atomic E-state index is 0.0306. The summed E-state index contributed by atoms with van der Waals surface area (Å²) in [6.45, 7) is 0. The van der Waals surface area contributed by atoms with Gasteiger partial charge in [0, 0.05) is 5.56 Å². The van der Waals surface area contributed by atoms with E-state index in [9.17, 15) is 14.7 Å². The first kappa shape index (κ1) is 11.0. The van der Waals surface area contributed by atoms with Gasteiger partial charge in [-0.1, -0.05) is 12.1 Å². The highest BCUT2D eigenvalue weighted by Gasteiger charge is 2.17. The van der Waals surface area contributed by atoms with Crippen molar-refractivity contribution in [2.45, 2.75) is 0 Å². The van der Waals surface area contributed by atoms with Gasteiger partial charge in [0.25, 0.3) is 0 Å². The van der Waals surface area contributed by atoms with Crippen molar-refractivity contribution in [3.63, 3.8) is 0 Å². The van der Waals surface area contributed by atoms with Crippen molar-refractivity contribution in [1.82, 2.24) is 9.97 Å². The van der Waals surface area contributed by atoms with Gasteiger partial charge in [-0.05, 0) is 12.1 Å². The molecule has 1 aromatic carbocycles. The molecule has 17 heavy (non-hydrogen) atoms. The molecule has 0 saturated carbocycles. The lowest BCUT2D eigenvalue weighted by molar-refractivity contribution is 0.0595. The van der Waals surface area contributed by atoms with Crippen molar-refractivity contribution in [2.75, 3.05) is 7.11 Å². The Morgan fingerprint density at radius 3 is 2.76 bits per heavy atom. The van der Waals surface area contributed by atoms with Crippen LogP contribution >= 0.6 is 0 Å². The quantitative estimate of drug-likeness (QED) is 0.671. The lowest BCUT2D eigenvalue weighted by Crippen LogP contribution is -2.06. The Kier molecular flexibility index (Phi) is 2.70. The third-order valence-electron chi connectivity index (χ3n) is 2.25. The molecule has 0 aliphatic carbocycles. The summed E-state index contributed by atoms with van der Waals surface area (Å²) >= 11 is 0. The highest BCUT2D eigenvalue weighted by molar-refractivity contribution is 5.94. The first-order valence-corrected chi connectivity index (χ1v) is 4.82. The van der Waals surface area contributed by atoms with Gasteiger partial charge in [0.2, 0.25) is 0 Å². The molecule has 0 fully saturated rings. The van der Waals surface area contributed by atoms with Gasteiger partial charge < -0.3 is 14.8 Å². The fraction of sp³-hybridized carbons (Fsp3) is 0.0909. The molecule has 0 saturated heterocycles. The number of phenolic OH excluding ortho intramolecular Hbond substituents is 1. The Morgan fingerprint density at radius 2 is 2.12 bits per heavy atom. The molecule has 6 heteroatoms. The molecule has 0 aliphatic heterocycles. The Hall–Kier alpha value is -2.50. The van der Waals surface area contributed by atoms with Crippen LogP contribution < -0.4 is 5.69 Å². The number of nitrogens with one attached hydrogen (secondary N) is 2. The summed E-state index contributed by atoms with van der Waals surface area (Å²) in [6, 6.07) is 6.19. The molecule has 0 aliphatic rings. The minimum atomic E-state index is -0.651. The van der Waals surface area contributed by atoms with E-state index < -0.39 is 11.7 Å². The zero-order valence-corrected chi connectivity index (χ0v) is 8.98. The second kappa shape index (κ2) is 4.17. The number of hydrogen-bond donors (Lipinski definition) is 3. The fourth-order valence-electron chi connectivity index (χ4n) is 1.52. The second-order valence-corrected chi connectivity index (χ2v) is 3.37. The maximum Gasteiger partial charge on any atom is 0.356 e. The molecular weight excluding hydrogens is 224 g/mol. The van der Waals surface area contributed by atoms with Gasteiger partial charge in [-0.25, -0.2) is 9.59 Å². The summed E-state index contributed by atoms with van der Waals surface area (Å²) < 4.78 is 4.55. The summed E-state index contributed by atoms with van der Waals surface area (Å²) in [6.07, 6.45) is 0. The van der Waals surface area contributed by atoms with Crippen LogP contribution in [0.3, 0.4) is 0 Å². The maximum absolute atomic E-state index is 11.4. The second-order valence-electron chi connectivity index (χ2n) is 3.37. The normalized spacial score (nSPS) is 10.2. The van der Waals surface area contributed by atoms with Crippen LogP contribution in [0.5, 0.6) is 5.75 Å². The first-order chi connectivity index (χ1) is 8.11. The molecule has 2 rings (SSSR count). The van der Waals surface area contributed by atoms with Crippen LogP contribution in [0.1, 0.15) is 10.5 Å². The summed E-state index contributed by atoms with van der Waals surface area (Å²) in [7, 11) is 1.22. The maximum atomic E-state index is 11.4. The lowest BCUT2D eigenvalue weighted by Gasteiger charge is -2.02. The van der Waals surface area contributed by atoms with Crippen molar-refractivity contribution < 1.29 is 14.6 Å². The molecule has 0 amide bonds. The number of rotatable bonds is 2. The van der Waals surface area contributed by atoms with Crippen molar-refractivity contribution in [1.29, 1.82) is 0 Å². The van der Waals surface area contributed by atoms with Crippen molar-refractivity contribution in [3.8, 4) is 17.0 Å². The monoisotopic (exact) mass is 234 g/mol.